The van der Waals surface area contributed by atoms with Crippen molar-refractivity contribution in [3.05, 3.63) is 78.1 Å². The zero-order valence-corrected chi connectivity index (χ0v) is 19.5. The number of nitrogens with one attached hydrogen (secondary N) is 1. The van der Waals surface area contributed by atoms with Crippen molar-refractivity contribution in [2.75, 3.05) is 36.0 Å². The third-order valence-electron chi connectivity index (χ3n) is 6.37. The average molecular weight is 453 g/mol. The monoisotopic (exact) mass is 452 g/mol. The molecule has 0 radical (unpaired) electrons. The van der Waals surface area contributed by atoms with Crippen LogP contribution in [-0.2, 0) is 11.3 Å². The molecule has 0 saturated carbocycles. The number of anilines is 2. The molecule has 1 N–H and O–H groups in total. The van der Waals surface area contributed by atoms with Crippen LogP contribution < -0.4 is 15.1 Å². The van der Waals surface area contributed by atoms with Crippen LogP contribution in [0.4, 0.5) is 11.5 Å². The lowest BCUT2D eigenvalue weighted by atomic mass is 10.0. The van der Waals surface area contributed by atoms with Crippen molar-refractivity contribution in [3.63, 3.8) is 0 Å². The molecule has 1 aliphatic rings. The van der Waals surface area contributed by atoms with Crippen molar-refractivity contribution in [2.24, 2.45) is 0 Å². The van der Waals surface area contributed by atoms with Crippen LogP contribution in [-0.4, -0.2) is 47.3 Å². The second kappa shape index (κ2) is 9.47. The number of pyridine rings is 1. The second-order valence-corrected chi connectivity index (χ2v) is 8.66. The van der Waals surface area contributed by atoms with Gasteiger partial charge in [-0.3, -0.25) is 9.78 Å². The van der Waals surface area contributed by atoms with E-state index in [4.69, 9.17) is 5.10 Å². The Bertz CT molecular complexity index is 1300. The summed E-state index contributed by atoms with van der Waals surface area (Å²) in [4.78, 5) is 20.0. The van der Waals surface area contributed by atoms with Gasteiger partial charge in [-0.2, -0.15) is 0 Å². The van der Waals surface area contributed by atoms with E-state index in [-0.39, 0.29) is 5.91 Å². The lowest BCUT2D eigenvalue weighted by Gasteiger charge is -2.37. The molecule has 5 rings (SSSR count). The Kier molecular flexibility index (Phi) is 6.08. The Morgan fingerprint density at radius 1 is 0.912 bits per heavy atom. The fourth-order valence-corrected chi connectivity index (χ4v) is 4.54. The van der Waals surface area contributed by atoms with Crippen LogP contribution in [0.3, 0.4) is 0 Å². The molecular formula is C27H28N6O. The lowest BCUT2D eigenvalue weighted by molar-refractivity contribution is -0.119. The summed E-state index contributed by atoms with van der Waals surface area (Å²) < 4.78 is 0. The molecule has 7 nitrogen and oxygen atoms in total. The van der Waals surface area contributed by atoms with E-state index in [2.05, 4.69) is 74.6 Å². The van der Waals surface area contributed by atoms with E-state index in [1.807, 2.05) is 12.1 Å². The van der Waals surface area contributed by atoms with Gasteiger partial charge >= 0.3 is 0 Å². The van der Waals surface area contributed by atoms with Crippen molar-refractivity contribution < 1.29 is 4.79 Å². The van der Waals surface area contributed by atoms with E-state index in [1.165, 1.54) is 18.2 Å². The van der Waals surface area contributed by atoms with Crippen molar-refractivity contribution in [1.82, 2.24) is 20.5 Å². The molecule has 0 atom stereocenters. The van der Waals surface area contributed by atoms with Crippen LogP contribution >= 0.6 is 0 Å². The number of hydrogen-bond donors (Lipinski definition) is 1. The highest BCUT2D eigenvalue weighted by atomic mass is 16.1. The fourth-order valence-electron chi connectivity index (χ4n) is 4.54. The van der Waals surface area contributed by atoms with Gasteiger partial charge in [0, 0.05) is 74.1 Å². The molecule has 0 unspecified atom stereocenters. The maximum absolute atomic E-state index is 11.1. The molecule has 1 saturated heterocycles. The predicted molar refractivity (Wildman–Crippen MR) is 136 cm³/mol. The summed E-state index contributed by atoms with van der Waals surface area (Å²) in [7, 11) is 0. The summed E-state index contributed by atoms with van der Waals surface area (Å²) in [6, 6.07) is 18.8. The van der Waals surface area contributed by atoms with Gasteiger partial charge in [-0.05, 0) is 42.3 Å². The van der Waals surface area contributed by atoms with E-state index < -0.39 is 0 Å². The van der Waals surface area contributed by atoms with Crippen LogP contribution in [0.2, 0.25) is 0 Å². The molecule has 2 aromatic heterocycles. The molecule has 2 aromatic carbocycles. The van der Waals surface area contributed by atoms with Crippen molar-refractivity contribution in [3.8, 4) is 11.3 Å². The first kappa shape index (κ1) is 21.8. The summed E-state index contributed by atoms with van der Waals surface area (Å²) in [6.07, 6.45) is 3.58. The summed E-state index contributed by atoms with van der Waals surface area (Å²) in [5, 5.41) is 14.5. The van der Waals surface area contributed by atoms with E-state index in [0.29, 0.717) is 6.54 Å². The van der Waals surface area contributed by atoms with Crippen LogP contribution in [0, 0.1) is 6.92 Å². The molecular weight excluding hydrogens is 424 g/mol. The Hall–Kier alpha value is -4.00. The van der Waals surface area contributed by atoms with E-state index in [1.54, 1.807) is 12.4 Å². The Balaban J connectivity index is 1.35. The molecule has 3 heterocycles. The second-order valence-electron chi connectivity index (χ2n) is 8.66. The minimum atomic E-state index is -0.0141. The number of carbonyl (C=O) groups is 1. The number of nitrogens with zero attached hydrogens (tertiary/aromatic N) is 5. The number of amides is 1. The van der Waals surface area contributed by atoms with Gasteiger partial charge in [0.15, 0.2) is 5.82 Å². The average Bonchev–Trinajstić information content (AvgIpc) is 2.88. The zero-order valence-electron chi connectivity index (χ0n) is 19.5. The zero-order chi connectivity index (χ0) is 23.5. The number of fused-ring (bicyclic) bond motifs is 1. The number of rotatable bonds is 5. The highest BCUT2D eigenvalue weighted by molar-refractivity contribution is 6.02. The number of aryl methyl sites for hydroxylation is 1. The quantitative estimate of drug-likeness (QED) is 0.494. The highest BCUT2D eigenvalue weighted by Gasteiger charge is 2.22. The smallest absolute Gasteiger partial charge is 0.217 e. The maximum atomic E-state index is 11.1. The van der Waals surface area contributed by atoms with E-state index >= 15 is 0 Å². The van der Waals surface area contributed by atoms with Gasteiger partial charge in [0.25, 0.3) is 0 Å². The van der Waals surface area contributed by atoms with E-state index in [0.717, 1.165) is 59.6 Å². The first-order valence-corrected chi connectivity index (χ1v) is 11.6. The molecule has 34 heavy (non-hydrogen) atoms. The molecule has 172 valence electrons. The number of aromatic nitrogens is 3. The molecule has 1 fully saturated rings. The van der Waals surface area contributed by atoms with Gasteiger partial charge in [0.05, 0.1) is 0 Å². The summed E-state index contributed by atoms with van der Waals surface area (Å²) in [5.41, 5.74) is 5.42. The number of piperazine rings is 1. The molecule has 0 aliphatic carbocycles. The normalized spacial score (nSPS) is 13.8. The minimum absolute atomic E-state index is 0.0141. The lowest BCUT2D eigenvalue weighted by Crippen LogP contribution is -2.47. The molecule has 0 bridgehead atoms. The standard InChI is InChI=1S/C27H28N6O/c1-19-4-3-5-24-25(19)26(22-10-12-28-13-11-22)30-31-27(24)33-16-14-32(15-17-33)23-8-6-21(7-9-23)18-29-20(2)34/h3-13H,14-18H2,1-2H3,(H,29,34). The molecule has 4 aromatic rings. The van der Waals surface area contributed by atoms with Crippen LogP contribution in [0.15, 0.2) is 67.0 Å². The first-order valence-electron chi connectivity index (χ1n) is 11.6. The van der Waals surface area contributed by atoms with Crippen LogP contribution in [0.1, 0.15) is 18.1 Å². The van der Waals surface area contributed by atoms with Crippen LogP contribution in [0.25, 0.3) is 22.0 Å². The first-order chi connectivity index (χ1) is 16.6. The third-order valence-corrected chi connectivity index (χ3v) is 6.37. The Morgan fingerprint density at radius 3 is 2.32 bits per heavy atom. The van der Waals surface area contributed by atoms with Crippen molar-refractivity contribution >= 4 is 28.2 Å². The van der Waals surface area contributed by atoms with Gasteiger partial charge in [-0.25, -0.2) is 0 Å². The summed E-state index contributed by atoms with van der Waals surface area (Å²) >= 11 is 0. The number of hydrogen-bond acceptors (Lipinski definition) is 6. The van der Waals surface area contributed by atoms with Crippen LogP contribution in [0.5, 0.6) is 0 Å². The van der Waals surface area contributed by atoms with Gasteiger partial charge < -0.3 is 15.1 Å². The topological polar surface area (TPSA) is 74.2 Å². The fraction of sp³-hybridized carbons (Fsp3) is 0.259. The number of benzene rings is 2. The molecule has 0 spiro atoms. The predicted octanol–water partition coefficient (Wildman–Crippen LogP) is 3.96. The van der Waals surface area contributed by atoms with Gasteiger partial charge in [0.2, 0.25) is 5.91 Å². The van der Waals surface area contributed by atoms with Gasteiger partial charge in [0.1, 0.15) is 5.69 Å². The Morgan fingerprint density at radius 2 is 1.62 bits per heavy atom. The van der Waals surface area contributed by atoms with E-state index in [9.17, 15) is 4.79 Å². The van der Waals surface area contributed by atoms with Gasteiger partial charge in [-0.15, -0.1) is 10.2 Å². The summed E-state index contributed by atoms with van der Waals surface area (Å²) in [6.45, 7) is 7.80. The van der Waals surface area contributed by atoms with Crippen molar-refractivity contribution in [2.45, 2.75) is 20.4 Å². The molecule has 7 heteroatoms. The SMILES string of the molecule is CC(=O)NCc1ccc(N2CCN(c3nnc(-c4ccncc4)c4c(C)cccc34)CC2)cc1. The largest absolute Gasteiger partial charge is 0.368 e. The maximum Gasteiger partial charge on any atom is 0.217 e. The third kappa shape index (κ3) is 4.41. The molecule has 1 aliphatic heterocycles. The highest BCUT2D eigenvalue weighted by Crippen LogP contribution is 2.34. The van der Waals surface area contributed by atoms with Gasteiger partial charge in [-0.1, -0.05) is 30.3 Å². The van der Waals surface area contributed by atoms with Crippen molar-refractivity contribution in [1.29, 1.82) is 0 Å². The Labute approximate surface area is 199 Å². The number of carbonyl (C=O) groups excluding carboxylic acids is 1. The summed E-state index contributed by atoms with van der Waals surface area (Å²) in [5.74, 6) is 0.932. The minimum Gasteiger partial charge on any atom is -0.368 e. The molecule has 1 amide bonds.